The first-order chi connectivity index (χ1) is 10.9. The van der Waals surface area contributed by atoms with Gasteiger partial charge in [0.2, 0.25) is 12.6 Å². The average Bonchev–Trinajstić information content (AvgIpc) is 2.96. The van der Waals surface area contributed by atoms with E-state index in [1.165, 1.54) is 0 Å². The normalized spacial score (nSPS) is 31.5. The highest BCUT2D eigenvalue weighted by Gasteiger charge is 2.50. The molecule has 0 aromatic heterocycles. The Bertz CT molecular complexity index is 707. The molecule has 1 aromatic rings. The summed E-state index contributed by atoms with van der Waals surface area (Å²) in [5.74, 6) is -0.660. The van der Waals surface area contributed by atoms with Crippen molar-refractivity contribution in [2.24, 2.45) is 0 Å². The summed E-state index contributed by atoms with van der Waals surface area (Å²) < 4.78 is 10.7. The van der Waals surface area contributed by atoms with Gasteiger partial charge in [-0.05, 0) is 43.5 Å². The van der Waals surface area contributed by atoms with Gasteiger partial charge in [-0.15, -0.1) is 0 Å². The maximum atomic E-state index is 12.5. The van der Waals surface area contributed by atoms with Crippen LogP contribution in [0, 0.1) is 0 Å². The smallest absolute Gasteiger partial charge is 0.231 e. The van der Waals surface area contributed by atoms with E-state index in [9.17, 15) is 9.90 Å². The summed E-state index contributed by atoms with van der Waals surface area (Å²) >= 11 is 0. The lowest BCUT2D eigenvalue weighted by Crippen LogP contribution is -2.49. The van der Waals surface area contributed by atoms with E-state index in [1.807, 2.05) is 18.2 Å². The van der Waals surface area contributed by atoms with E-state index >= 15 is 0 Å². The van der Waals surface area contributed by atoms with Gasteiger partial charge in [-0.3, -0.25) is 4.79 Å². The van der Waals surface area contributed by atoms with Gasteiger partial charge in [-0.25, -0.2) is 4.89 Å². The van der Waals surface area contributed by atoms with Gasteiger partial charge in [0.05, 0.1) is 5.57 Å². The molecule has 0 spiro atoms. The van der Waals surface area contributed by atoms with Gasteiger partial charge in [-0.2, -0.15) is 4.89 Å². The average molecular weight is 318 g/mol. The van der Waals surface area contributed by atoms with Crippen LogP contribution in [-0.4, -0.2) is 29.1 Å². The number of aliphatic hydroxyl groups is 1. The third-order valence-electron chi connectivity index (χ3n) is 4.43. The molecule has 0 saturated heterocycles. The van der Waals surface area contributed by atoms with Crippen molar-refractivity contribution in [2.75, 3.05) is 6.79 Å². The van der Waals surface area contributed by atoms with Crippen LogP contribution in [0.5, 0.6) is 11.5 Å². The Labute approximate surface area is 133 Å². The van der Waals surface area contributed by atoms with Crippen LogP contribution in [0.25, 0.3) is 0 Å². The number of carbonyl (C=O) groups excluding carboxylic acids is 1. The van der Waals surface area contributed by atoms with E-state index in [4.69, 9.17) is 19.2 Å². The van der Waals surface area contributed by atoms with Gasteiger partial charge < -0.3 is 14.6 Å². The van der Waals surface area contributed by atoms with Gasteiger partial charge >= 0.3 is 0 Å². The largest absolute Gasteiger partial charge is 0.454 e. The number of ether oxygens (including phenoxy) is 2. The Morgan fingerprint density at radius 3 is 2.78 bits per heavy atom. The Hall–Kier alpha value is -1.89. The lowest BCUT2D eigenvalue weighted by atomic mass is 9.75. The van der Waals surface area contributed by atoms with Gasteiger partial charge in [0, 0.05) is 12.8 Å². The molecule has 4 rings (SSSR count). The zero-order valence-corrected chi connectivity index (χ0v) is 13.0. The minimum absolute atomic E-state index is 0.127. The van der Waals surface area contributed by atoms with E-state index < -0.39 is 11.4 Å². The highest BCUT2D eigenvalue weighted by molar-refractivity contribution is 5.98. The molecule has 0 amide bonds. The molecule has 1 fully saturated rings. The van der Waals surface area contributed by atoms with Crippen LogP contribution in [0.15, 0.2) is 29.8 Å². The van der Waals surface area contributed by atoms with Crippen molar-refractivity contribution in [3.05, 3.63) is 35.4 Å². The summed E-state index contributed by atoms with van der Waals surface area (Å²) in [7, 11) is 0. The van der Waals surface area contributed by atoms with Crippen LogP contribution in [0.2, 0.25) is 0 Å². The van der Waals surface area contributed by atoms with Gasteiger partial charge in [0.25, 0.3) is 0 Å². The molecule has 1 N–H and O–H groups in total. The van der Waals surface area contributed by atoms with Crippen molar-refractivity contribution in [3.8, 4) is 11.5 Å². The fourth-order valence-corrected chi connectivity index (χ4v) is 3.29. The number of ketones is 1. The molecular formula is C17H18O6. The number of carbonyl (C=O) groups is 1. The molecule has 122 valence electrons. The van der Waals surface area contributed by atoms with Crippen LogP contribution in [0.1, 0.15) is 38.2 Å². The van der Waals surface area contributed by atoms with E-state index in [0.29, 0.717) is 17.9 Å². The molecule has 6 nitrogen and oxygen atoms in total. The Morgan fingerprint density at radius 2 is 1.96 bits per heavy atom. The maximum Gasteiger partial charge on any atom is 0.231 e. The summed E-state index contributed by atoms with van der Waals surface area (Å²) in [5, 5.41) is 10.7. The number of Topliss-reactive ketones (excluding diaryl/α,β-unsaturated/α-hetero) is 1. The Balaban J connectivity index is 1.66. The van der Waals surface area contributed by atoms with Crippen LogP contribution in [-0.2, 0) is 14.6 Å². The van der Waals surface area contributed by atoms with Crippen LogP contribution in [0.4, 0.5) is 0 Å². The quantitative estimate of drug-likeness (QED) is 0.800. The van der Waals surface area contributed by atoms with Gasteiger partial charge in [-0.1, -0.05) is 6.07 Å². The van der Waals surface area contributed by atoms with E-state index in [1.54, 1.807) is 19.9 Å². The van der Waals surface area contributed by atoms with Crippen molar-refractivity contribution < 1.29 is 29.1 Å². The molecule has 1 aliphatic carbocycles. The predicted molar refractivity (Wildman–Crippen MR) is 78.8 cm³/mol. The molecule has 0 bridgehead atoms. The fourth-order valence-electron chi connectivity index (χ4n) is 3.29. The first-order valence-electron chi connectivity index (χ1n) is 7.62. The number of hydrogen-bond donors (Lipinski definition) is 1. The molecule has 23 heavy (non-hydrogen) atoms. The first kappa shape index (κ1) is 14.7. The minimum Gasteiger partial charge on any atom is -0.454 e. The van der Waals surface area contributed by atoms with Crippen molar-refractivity contribution in [1.29, 1.82) is 0 Å². The highest BCUT2D eigenvalue weighted by atomic mass is 17.2. The summed E-state index contributed by atoms with van der Waals surface area (Å²) in [6.07, 6.45) is 2.21. The molecule has 6 heteroatoms. The van der Waals surface area contributed by atoms with Crippen molar-refractivity contribution in [1.82, 2.24) is 0 Å². The number of fused-ring (bicyclic) bond motifs is 2. The SMILES string of the molecule is CC1(C)C=C2C(=O)CC(c3ccc4c(c3)OCO4)CC2(O)OO1. The monoisotopic (exact) mass is 318 g/mol. The second-order valence-corrected chi connectivity index (χ2v) is 6.75. The lowest BCUT2D eigenvalue weighted by Gasteiger charge is -2.42. The van der Waals surface area contributed by atoms with Gasteiger partial charge in [0.1, 0.15) is 5.60 Å². The maximum absolute atomic E-state index is 12.5. The van der Waals surface area contributed by atoms with Gasteiger partial charge in [0.15, 0.2) is 17.3 Å². The molecular weight excluding hydrogens is 300 g/mol. The van der Waals surface area contributed by atoms with Crippen LogP contribution in [0.3, 0.4) is 0 Å². The van der Waals surface area contributed by atoms with Crippen molar-refractivity contribution >= 4 is 5.78 Å². The summed E-state index contributed by atoms with van der Waals surface area (Å²) in [4.78, 5) is 23.0. The molecule has 0 radical (unpaired) electrons. The topological polar surface area (TPSA) is 74.2 Å². The van der Waals surface area contributed by atoms with Crippen LogP contribution >= 0.6 is 0 Å². The molecule has 2 atom stereocenters. The zero-order chi connectivity index (χ0) is 16.2. The molecule has 2 unspecified atom stereocenters. The molecule has 2 aliphatic heterocycles. The summed E-state index contributed by atoms with van der Waals surface area (Å²) in [5.41, 5.74) is 0.456. The summed E-state index contributed by atoms with van der Waals surface area (Å²) in [6, 6.07) is 5.56. The van der Waals surface area contributed by atoms with E-state index in [2.05, 4.69) is 0 Å². The standard InChI is InChI=1S/C17H18O6/c1-16(2)8-12-13(18)5-11(7-17(12,19)23-22-16)10-3-4-14-15(6-10)21-9-20-14/h3-4,6,8,11,19H,5,7,9H2,1-2H3. The van der Waals surface area contributed by atoms with E-state index in [-0.39, 0.29) is 30.5 Å². The Morgan fingerprint density at radius 1 is 1.17 bits per heavy atom. The van der Waals surface area contributed by atoms with Crippen molar-refractivity contribution in [3.63, 3.8) is 0 Å². The Kier molecular flexibility index (Phi) is 3.07. The number of benzene rings is 1. The minimum atomic E-state index is -1.70. The predicted octanol–water partition coefficient (Wildman–Crippen LogP) is 2.22. The highest BCUT2D eigenvalue weighted by Crippen LogP contribution is 2.46. The first-order valence-corrected chi connectivity index (χ1v) is 7.62. The zero-order valence-electron chi connectivity index (χ0n) is 13.0. The summed E-state index contributed by atoms with van der Waals surface area (Å²) in [6.45, 7) is 3.75. The number of rotatable bonds is 1. The van der Waals surface area contributed by atoms with Crippen molar-refractivity contribution in [2.45, 2.75) is 44.0 Å². The third-order valence-corrected chi connectivity index (χ3v) is 4.43. The molecule has 2 heterocycles. The molecule has 1 saturated carbocycles. The molecule has 1 aromatic carbocycles. The lowest BCUT2D eigenvalue weighted by molar-refractivity contribution is -0.446. The third kappa shape index (κ3) is 2.43. The van der Waals surface area contributed by atoms with Crippen LogP contribution < -0.4 is 9.47 Å². The van der Waals surface area contributed by atoms with E-state index in [0.717, 1.165) is 5.56 Å². The second kappa shape index (κ2) is 4.80. The number of hydrogen-bond acceptors (Lipinski definition) is 6. The fraction of sp³-hybridized carbons (Fsp3) is 0.471. The second-order valence-electron chi connectivity index (χ2n) is 6.75. The molecule has 3 aliphatic rings.